The molecule has 152 valence electrons. The van der Waals surface area contributed by atoms with E-state index >= 15 is 0 Å². The maximum Gasteiger partial charge on any atom is 0.241 e. The second-order valence-electron chi connectivity index (χ2n) is 8.45. The van der Waals surface area contributed by atoms with Crippen LogP contribution in [0.1, 0.15) is 38.8 Å². The Kier molecular flexibility index (Phi) is 4.56. The number of nitrogens with one attached hydrogen (secondary N) is 1. The summed E-state index contributed by atoms with van der Waals surface area (Å²) >= 11 is 0. The predicted octanol–water partition coefficient (Wildman–Crippen LogP) is 4.12. The Morgan fingerprint density at radius 3 is 2.62 bits per heavy atom. The van der Waals surface area contributed by atoms with Crippen LogP contribution in [0.4, 0.5) is 5.69 Å². The number of carbonyl (C=O) groups excluding carboxylic acids is 1. The topological polar surface area (TPSA) is 50.8 Å². The van der Waals surface area contributed by atoms with Crippen molar-refractivity contribution in [3.05, 3.63) is 59.7 Å². The van der Waals surface area contributed by atoms with Gasteiger partial charge in [-0.05, 0) is 49.2 Å². The van der Waals surface area contributed by atoms with Crippen LogP contribution in [0.3, 0.4) is 0 Å². The van der Waals surface area contributed by atoms with Crippen molar-refractivity contribution in [3.8, 4) is 11.5 Å². The highest BCUT2D eigenvalue weighted by molar-refractivity contribution is 5.91. The minimum atomic E-state index is -0.603. The van der Waals surface area contributed by atoms with Gasteiger partial charge in [0.05, 0.1) is 19.8 Å². The lowest BCUT2D eigenvalue weighted by Crippen LogP contribution is -2.58. The molecule has 0 aliphatic carbocycles. The van der Waals surface area contributed by atoms with E-state index in [4.69, 9.17) is 9.47 Å². The van der Waals surface area contributed by atoms with Crippen LogP contribution in [0, 0.1) is 0 Å². The summed E-state index contributed by atoms with van der Waals surface area (Å²) in [5.41, 5.74) is 2.45. The lowest BCUT2D eigenvalue weighted by molar-refractivity contribution is -0.118. The van der Waals surface area contributed by atoms with Crippen molar-refractivity contribution in [2.45, 2.75) is 44.9 Å². The van der Waals surface area contributed by atoms with Gasteiger partial charge in [-0.2, -0.15) is 0 Å². The fraction of sp³-hybridized carbons (Fsp3) is 0.375. The summed E-state index contributed by atoms with van der Waals surface area (Å²) in [6.07, 6.45) is 4.23. The predicted molar refractivity (Wildman–Crippen MR) is 115 cm³/mol. The monoisotopic (exact) mass is 392 g/mol. The maximum atomic E-state index is 12.4. The number of ether oxygens (including phenoxy) is 2. The number of para-hydroxylation sites is 1. The standard InChI is InChI=1S/C24H28N2O3/c1-16(2)29-20-11-10-17(14-21(20)28-5)12-13-24-23(3,4)18-8-6-7-9-19(18)26(24)15-22(27)25-24/h6-14,16H,15H2,1-5H3,(H,25,27)/b13-12+/t24-/m0/s1. The summed E-state index contributed by atoms with van der Waals surface area (Å²) in [6, 6.07) is 14.2. The van der Waals surface area contributed by atoms with E-state index in [0.29, 0.717) is 12.3 Å². The SMILES string of the molecule is COc1cc(/C=C/[C@]23NC(=O)CN2c2ccccc2C3(C)C)ccc1OC(C)C. The number of amides is 1. The van der Waals surface area contributed by atoms with Crippen LogP contribution < -0.4 is 19.7 Å². The van der Waals surface area contributed by atoms with Gasteiger partial charge in [-0.25, -0.2) is 0 Å². The molecule has 5 nitrogen and oxygen atoms in total. The Labute approximate surface area is 172 Å². The van der Waals surface area contributed by atoms with Gasteiger partial charge in [0.1, 0.15) is 5.66 Å². The summed E-state index contributed by atoms with van der Waals surface area (Å²) in [4.78, 5) is 14.6. The zero-order chi connectivity index (χ0) is 20.8. The van der Waals surface area contributed by atoms with Crippen LogP contribution in [0.25, 0.3) is 6.08 Å². The number of fused-ring (bicyclic) bond motifs is 3. The van der Waals surface area contributed by atoms with E-state index in [-0.39, 0.29) is 17.4 Å². The second-order valence-corrected chi connectivity index (χ2v) is 8.45. The molecule has 5 heteroatoms. The molecule has 2 aliphatic rings. The summed E-state index contributed by atoms with van der Waals surface area (Å²) < 4.78 is 11.3. The average Bonchev–Trinajstić information content (AvgIpc) is 3.11. The maximum absolute atomic E-state index is 12.4. The number of methoxy groups -OCH3 is 1. The molecule has 0 spiro atoms. The number of hydrogen-bond acceptors (Lipinski definition) is 4. The Morgan fingerprint density at radius 2 is 1.90 bits per heavy atom. The highest BCUT2D eigenvalue weighted by Gasteiger charge is 2.59. The van der Waals surface area contributed by atoms with Crippen LogP contribution >= 0.6 is 0 Å². The van der Waals surface area contributed by atoms with Gasteiger partial charge in [0.25, 0.3) is 0 Å². The lowest BCUT2D eigenvalue weighted by atomic mass is 9.75. The van der Waals surface area contributed by atoms with Crippen LogP contribution in [-0.4, -0.2) is 31.3 Å². The van der Waals surface area contributed by atoms with Gasteiger partial charge in [-0.15, -0.1) is 0 Å². The van der Waals surface area contributed by atoms with Gasteiger partial charge in [-0.3, -0.25) is 4.79 Å². The van der Waals surface area contributed by atoms with Crippen LogP contribution in [0.15, 0.2) is 48.5 Å². The van der Waals surface area contributed by atoms with E-state index in [1.165, 1.54) is 5.56 Å². The number of carbonyl (C=O) groups is 1. The van der Waals surface area contributed by atoms with E-state index in [0.717, 1.165) is 17.0 Å². The van der Waals surface area contributed by atoms with Crippen LogP contribution in [-0.2, 0) is 10.2 Å². The normalized spacial score (nSPS) is 22.0. The van der Waals surface area contributed by atoms with Crippen molar-refractivity contribution in [2.75, 3.05) is 18.6 Å². The molecular weight excluding hydrogens is 364 g/mol. The number of benzene rings is 2. The highest BCUT2D eigenvalue weighted by Crippen LogP contribution is 2.52. The Morgan fingerprint density at radius 1 is 1.14 bits per heavy atom. The quantitative estimate of drug-likeness (QED) is 0.832. The molecule has 0 unspecified atom stereocenters. The third-order valence-electron chi connectivity index (χ3n) is 5.95. The zero-order valence-electron chi connectivity index (χ0n) is 17.7. The first-order valence-electron chi connectivity index (χ1n) is 10.0. The van der Waals surface area contributed by atoms with Crippen LogP contribution in [0.2, 0.25) is 0 Å². The summed E-state index contributed by atoms with van der Waals surface area (Å²) in [6.45, 7) is 8.70. The molecule has 1 saturated heterocycles. The smallest absolute Gasteiger partial charge is 0.241 e. The summed E-state index contributed by atoms with van der Waals surface area (Å²) in [5.74, 6) is 1.46. The minimum absolute atomic E-state index is 0.0375. The average molecular weight is 392 g/mol. The lowest BCUT2D eigenvalue weighted by Gasteiger charge is -2.40. The molecule has 1 amide bonds. The molecule has 2 aromatic carbocycles. The molecule has 0 saturated carbocycles. The number of nitrogens with zero attached hydrogens (tertiary/aromatic N) is 1. The van der Waals surface area contributed by atoms with E-state index in [1.807, 2.05) is 44.2 Å². The molecule has 2 heterocycles. The largest absolute Gasteiger partial charge is 0.493 e. The van der Waals surface area contributed by atoms with E-state index in [2.05, 4.69) is 48.3 Å². The fourth-order valence-corrected chi connectivity index (χ4v) is 4.50. The van der Waals surface area contributed by atoms with Crippen molar-refractivity contribution in [1.29, 1.82) is 0 Å². The van der Waals surface area contributed by atoms with Crippen molar-refractivity contribution >= 4 is 17.7 Å². The molecule has 29 heavy (non-hydrogen) atoms. The Bertz CT molecular complexity index is 980. The van der Waals surface area contributed by atoms with Crippen molar-refractivity contribution < 1.29 is 14.3 Å². The second kappa shape index (κ2) is 6.83. The summed E-state index contributed by atoms with van der Waals surface area (Å²) in [5, 5.41) is 3.25. The third-order valence-corrected chi connectivity index (χ3v) is 5.95. The van der Waals surface area contributed by atoms with Crippen molar-refractivity contribution in [2.24, 2.45) is 0 Å². The molecule has 0 aromatic heterocycles. The fourth-order valence-electron chi connectivity index (χ4n) is 4.50. The van der Waals surface area contributed by atoms with Gasteiger partial charge in [0.2, 0.25) is 5.91 Å². The minimum Gasteiger partial charge on any atom is -0.493 e. The van der Waals surface area contributed by atoms with E-state index in [1.54, 1.807) is 7.11 Å². The first kappa shape index (κ1) is 19.4. The molecule has 1 atom stereocenters. The van der Waals surface area contributed by atoms with Crippen molar-refractivity contribution in [1.82, 2.24) is 5.32 Å². The Hall–Kier alpha value is -2.95. The summed E-state index contributed by atoms with van der Waals surface area (Å²) in [7, 11) is 1.64. The number of hydrogen-bond donors (Lipinski definition) is 1. The van der Waals surface area contributed by atoms with E-state index in [9.17, 15) is 4.79 Å². The molecular formula is C24H28N2O3. The molecule has 2 aromatic rings. The first-order valence-corrected chi connectivity index (χ1v) is 10.0. The molecule has 0 radical (unpaired) electrons. The molecule has 2 aliphatic heterocycles. The van der Waals surface area contributed by atoms with E-state index < -0.39 is 5.66 Å². The Balaban J connectivity index is 1.73. The third kappa shape index (κ3) is 2.96. The number of rotatable bonds is 5. The number of anilines is 1. The molecule has 1 N–H and O–H groups in total. The van der Waals surface area contributed by atoms with Gasteiger partial charge >= 0.3 is 0 Å². The van der Waals surface area contributed by atoms with Gasteiger partial charge < -0.3 is 19.7 Å². The first-order chi connectivity index (χ1) is 13.8. The van der Waals surface area contributed by atoms with Gasteiger partial charge in [0, 0.05) is 11.1 Å². The van der Waals surface area contributed by atoms with Crippen LogP contribution in [0.5, 0.6) is 11.5 Å². The molecule has 1 fully saturated rings. The van der Waals surface area contributed by atoms with Gasteiger partial charge in [0.15, 0.2) is 11.5 Å². The van der Waals surface area contributed by atoms with Gasteiger partial charge in [-0.1, -0.05) is 44.2 Å². The molecule has 4 rings (SSSR count). The molecule has 0 bridgehead atoms. The zero-order valence-corrected chi connectivity index (χ0v) is 17.7. The van der Waals surface area contributed by atoms with Crippen molar-refractivity contribution in [3.63, 3.8) is 0 Å². The highest BCUT2D eigenvalue weighted by atomic mass is 16.5.